The first kappa shape index (κ1) is 12.1. The van der Waals surface area contributed by atoms with E-state index in [1.54, 1.807) is 0 Å². The van der Waals surface area contributed by atoms with E-state index in [0.717, 1.165) is 24.7 Å². The SMILES string of the molecule is CCC[C@H]1CC[C@H](C2CCCCC2=O)CC1. The molecule has 2 fully saturated rings. The van der Waals surface area contributed by atoms with Crippen LogP contribution in [0.4, 0.5) is 0 Å². The van der Waals surface area contributed by atoms with Crippen LogP contribution in [0.25, 0.3) is 0 Å². The van der Waals surface area contributed by atoms with E-state index in [2.05, 4.69) is 6.92 Å². The smallest absolute Gasteiger partial charge is 0.136 e. The third kappa shape index (κ3) is 2.87. The third-order valence-corrected chi connectivity index (χ3v) is 4.76. The van der Waals surface area contributed by atoms with Crippen LogP contribution in [0, 0.1) is 17.8 Å². The zero-order chi connectivity index (χ0) is 11.4. The van der Waals surface area contributed by atoms with Crippen molar-refractivity contribution in [2.45, 2.75) is 71.1 Å². The van der Waals surface area contributed by atoms with Crippen molar-refractivity contribution in [1.82, 2.24) is 0 Å². The lowest BCUT2D eigenvalue weighted by Crippen LogP contribution is -2.30. The van der Waals surface area contributed by atoms with Gasteiger partial charge in [-0.05, 0) is 37.5 Å². The van der Waals surface area contributed by atoms with Crippen LogP contribution < -0.4 is 0 Å². The van der Waals surface area contributed by atoms with E-state index in [9.17, 15) is 4.79 Å². The highest BCUT2D eigenvalue weighted by Crippen LogP contribution is 2.39. The summed E-state index contributed by atoms with van der Waals surface area (Å²) >= 11 is 0. The quantitative estimate of drug-likeness (QED) is 0.693. The van der Waals surface area contributed by atoms with Crippen molar-refractivity contribution in [2.24, 2.45) is 17.8 Å². The molecule has 0 saturated heterocycles. The van der Waals surface area contributed by atoms with E-state index in [-0.39, 0.29) is 0 Å². The fourth-order valence-electron chi connectivity index (χ4n) is 3.80. The van der Waals surface area contributed by atoms with Gasteiger partial charge in [0.1, 0.15) is 5.78 Å². The Morgan fingerprint density at radius 1 is 1.06 bits per heavy atom. The molecule has 0 aromatic carbocycles. The summed E-state index contributed by atoms with van der Waals surface area (Å²) in [5.41, 5.74) is 0. The molecule has 2 aliphatic rings. The van der Waals surface area contributed by atoms with Crippen molar-refractivity contribution in [3.8, 4) is 0 Å². The molecule has 0 heterocycles. The summed E-state index contributed by atoms with van der Waals surface area (Å²) in [4.78, 5) is 11.9. The van der Waals surface area contributed by atoms with Crippen molar-refractivity contribution in [3.63, 3.8) is 0 Å². The summed E-state index contributed by atoms with van der Waals surface area (Å²) in [5, 5.41) is 0. The van der Waals surface area contributed by atoms with Crippen LogP contribution in [0.15, 0.2) is 0 Å². The maximum Gasteiger partial charge on any atom is 0.136 e. The normalized spacial score (nSPS) is 36.3. The Hall–Kier alpha value is -0.330. The van der Waals surface area contributed by atoms with Crippen LogP contribution in [-0.4, -0.2) is 5.78 Å². The maximum absolute atomic E-state index is 11.9. The number of hydrogen-bond donors (Lipinski definition) is 0. The second-order valence-electron chi connectivity index (χ2n) is 5.89. The lowest BCUT2D eigenvalue weighted by atomic mass is 9.70. The van der Waals surface area contributed by atoms with Crippen LogP contribution in [0.2, 0.25) is 0 Å². The Balaban J connectivity index is 1.81. The topological polar surface area (TPSA) is 17.1 Å². The zero-order valence-electron chi connectivity index (χ0n) is 10.7. The van der Waals surface area contributed by atoms with Gasteiger partial charge in [-0.25, -0.2) is 0 Å². The minimum atomic E-state index is 0.455. The molecule has 2 aliphatic carbocycles. The molecular weight excluding hydrogens is 196 g/mol. The van der Waals surface area contributed by atoms with Crippen LogP contribution in [0.1, 0.15) is 71.1 Å². The van der Waals surface area contributed by atoms with E-state index in [1.807, 2.05) is 0 Å². The van der Waals surface area contributed by atoms with Crippen LogP contribution in [0.3, 0.4) is 0 Å². The molecule has 0 aromatic heterocycles. The highest BCUT2D eigenvalue weighted by atomic mass is 16.1. The molecule has 1 unspecified atom stereocenters. The third-order valence-electron chi connectivity index (χ3n) is 4.76. The van der Waals surface area contributed by atoms with Gasteiger partial charge < -0.3 is 0 Å². The minimum Gasteiger partial charge on any atom is -0.299 e. The van der Waals surface area contributed by atoms with Gasteiger partial charge >= 0.3 is 0 Å². The fraction of sp³-hybridized carbons (Fsp3) is 0.933. The number of hydrogen-bond acceptors (Lipinski definition) is 1. The summed E-state index contributed by atoms with van der Waals surface area (Å²) in [7, 11) is 0. The molecule has 0 spiro atoms. The second kappa shape index (κ2) is 5.84. The summed E-state index contributed by atoms with van der Waals surface area (Å²) in [6, 6.07) is 0. The molecule has 1 atom stereocenters. The van der Waals surface area contributed by atoms with E-state index < -0.39 is 0 Å². The predicted octanol–water partition coefficient (Wildman–Crippen LogP) is 4.35. The molecule has 0 aromatic rings. The molecule has 2 rings (SSSR count). The Bertz CT molecular complexity index is 226. The van der Waals surface area contributed by atoms with Crippen molar-refractivity contribution >= 4 is 5.78 Å². The highest BCUT2D eigenvalue weighted by Gasteiger charge is 2.32. The monoisotopic (exact) mass is 222 g/mol. The van der Waals surface area contributed by atoms with Gasteiger partial charge in [-0.2, -0.15) is 0 Å². The summed E-state index contributed by atoms with van der Waals surface area (Å²) in [6.45, 7) is 2.29. The summed E-state index contributed by atoms with van der Waals surface area (Å²) < 4.78 is 0. The first-order valence-electron chi connectivity index (χ1n) is 7.34. The molecule has 16 heavy (non-hydrogen) atoms. The maximum atomic E-state index is 11.9. The molecule has 0 N–H and O–H groups in total. The second-order valence-corrected chi connectivity index (χ2v) is 5.89. The average molecular weight is 222 g/mol. The number of carbonyl (C=O) groups is 1. The zero-order valence-corrected chi connectivity index (χ0v) is 10.7. The number of Topliss-reactive ketones (excluding diaryl/α,β-unsaturated/α-hetero) is 1. The van der Waals surface area contributed by atoms with Gasteiger partial charge in [0, 0.05) is 12.3 Å². The Labute approximate surface area is 100.0 Å². The lowest BCUT2D eigenvalue weighted by Gasteiger charge is -2.34. The molecule has 92 valence electrons. The number of rotatable bonds is 3. The van der Waals surface area contributed by atoms with Crippen molar-refractivity contribution in [2.75, 3.05) is 0 Å². The van der Waals surface area contributed by atoms with E-state index in [4.69, 9.17) is 0 Å². The van der Waals surface area contributed by atoms with Crippen molar-refractivity contribution in [3.05, 3.63) is 0 Å². The first-order chi connectivity index (χ1) is 7.81. The fourth-order valence-corrected chi connectivity index (χ4v) is 3.80. The van der Waals surface area contributed by atoms with Gasteiger partial charge in [0.15, 0.2) is 0 Å². The molecule has 1 heteroatoms. The number of ketones is 1. The lowest BCUT2D eigenvalue weighted by molar-refractivity contribution is -0.127. The molecule has 0 bridgehead atoms. The van der Waals surface area contributed by atoms with Gasteiger partial charge in [-0.3, -0.25) is 4.79 Å². The Morgan fingerprint density at radius 3 is 2.44 bits per heavy atom. The van der Waals surface area contributed by atoms with E-state index in [1.165, 1.54) is 51.4 Å². The summed E-state index contributed by atoms with van der Waals surface area (Å²) in [5.74, 6) is 2.77. The molecule has 0 aliphatic heterocycles. The standard InChI is InChI=1S/C15H26O/c1-2-5-12-8-10-13(11-9-12)14-6-3-4-7-15(14)16/h12-14H,2-11H2,1H3/t12-,13-,14?. The van der Waals surface area contributed by atoms with Crippen LogP contribution >= 0.6 is 0 Å². The highest BCUT2D eigenvalue weighted by molar-refractivity contribution is 5.81. The molecule has 2 saturated carbocycles. The first-order valence-corrected chi connectivity index (χ1v) is 7.34. The van der Waals surface area contributed by atoms with Crippen molar-refractivity contribution in [1.29, 1.82) is 0 Å². The van der Waals surface area contributed by atoms with Gasteiger partial charge in [-0.15, -0.1) is 0 Å². The van der Waals surface area contributed by atoms with Crippen LogP contribution in [-0.2, 0) is 4.79 Å². The van der Waals surface area contributed by atoms with Crippen LogP contribution in [0.5, 0.6) is 0 Å². The number of carbonyl (C=O) groups excluding carboxylic acids is 1. The molecule has 1 nitrogen and oxygen atoms in total. The van der Waals surface area contributed by atoms with E-state index >= 15 is 0 Å². The van der Waals surface area contributed by atoms with Gasteiger partial charge in [0.2, 0.25) is 0 Å². The molecule has 0 radical (unpaired) electrons. The van der Waals surface area contributed by atoms with Gasteiger partial charge in [0.25, 0.3) is 0 Å². The van der Waals surface area contributed by atoms with Gasteiger partial charge in [0.05, 0.1) is 0 Å². The Morgan fingerprint density at radius 2 is 1.81 bits per heavy atom. The average Bonchev–Trinajstić information content (AvgIpc) is 2.31. The summed E-state index contributed by atoms with van der Waals surface area (Å²) in [6.07, 6.45) is 12.7. The molecule has 0 amide bonds. The predicted molar refractivity (Wildman–Crippen MR) is 67.3 cm³/mol. The van der Waals surface area contributed by atoms with Gasteiger partial charge in [-0.1, -0.05) is 39.0 Å². The van der Waals surface area contributed by atoms with Crippen molar-refractivity contribution < 1.29 is 4.79 Å². The largest absolute Gasteiger partial charge is 0.299 e. The van der Waals surface area contributed by atoms with E-state index in [0.29, 0.717) is 11.7 Å². The molecular formula is C15H26O. The minimum absolute atomic E-state index is 0.455. The Kier molecular flexibility index (Phi) is 4.43.